The summed E-state index contributed by atoms with van der Waals surface area (Å²) in [7, 11) is 0. The lowest BCUT2D eigenvalue weighted by Crippen LogP contribution is -2.25. The third kappa shape index (κ3) is 4.18. The van der Waals surface area contributed by atoms with E-state index in [9.17, 15) is 0 Å². The van der Waals surface area contributed by atoms with Gasteiger partial charge in [0, 0.05) is 22.3 Å². The predicted octanol–water partition coefficient (Wildman–Crippen LogP) is 10.1. The highest BCUT2D eigenvalue weighted by Gasteiger charge is 2.36. The van der Waals surface area contributed by atoms with E-state index in [1.54, 1.807) is 0 Å². The van der Waals surface area contributed by atoms with Crippen LogP contribution >= 0.6 is 0 Å². The number of hydrogen-bond acceptors (Lipinski definition) is 2. The average Bonchev–Trinajstić information content (AvgIpc) is 3.07. The Morgan fingerprint density at radius 3 is 1.25 bits per heavy atom. The Labute approximate surface area is 240 Å². The molecule has 0 fully saturated rings. The van der Waals surface area contributed by atoms with Crippen molar-refractivity contribution in [3.63, 3.8) is 0 Å². The molecular formula is C37H31AlO2. The molecule has 0 bridgehead atoms. The molecule has 0 unspecified atom stereocenters. The Balaban J connectivity index is 1.68. The molecule has 1 heterocycles. The van der Waals surface area contributed by atoms with Crippen molar-refractivity contribution in [2.75, 3.05) is 0 Å². The van der Waals surface area contributed by atoms with E-state index < -0.39 is 14.8 Å². The van der Waals surface area contributed by atoms with Gasteiger partial charge in [-0.3, -0.25) is 0 Å². The van der Waals surface area contributed by atoms with Gasteiger partial charge in [-0.25, -0.2) is 0 Å². The highest BCUT2D eigenvalue weighted by Crippen LogP contribution is 2.54. The van der Waals surface area contributed by atoms with Crippen molar-refractivity contribution in [2.24, 2.45) is 0 Å². The molecule has 1 aliphatic heterocycles. The van der Waals surface area contributed by atoms with E-state index in [1.165, 1.54) is 54.9 Å². The monoisotopic (exact) mass is 534 g/mol. The predicted molar refractivity (Wildman–Crippen MR) is 170 cm³/mol. The molecule has 0 aromatic heterocycles. The fraction of sp³-hybridized carbons (Fsp3) is 0.135. The van der Waals surface area contributed by atoms with E-state index in [0.717, 1.165) is 33.8 Å². The lowest BCUT2D eigenvalue weighted by atomic mass is 9.86. The molecule has 6 aromatic rings. The molecule has 0 saturated carbocycles. The van der Waals surface area contributed by atoms with Gasteiger partial charge >= 0.3 is 14.8 Å². The molecule has 0 spiro atoms. The number of hydrogen-bond donors (Lipinski definition) is 0. The first kappa shape index (κ1) is 25.0. The normalized spacial score (nSPS) is 12.5. The second-order valence-corrected chi connectivity index (χ2v) is 12.9. The van der Waals surface area contributed by atoms with Gasteiger partial charge in [-0.1, -0.05) is 107 Å². The maximum Gasteiger partial charge on any atom is 0.853 e. The van der Waals surface area contributed by atoms with Crippen molar-refractivity contribution < 1.29 is 7.58 Å². The van der Waals surface area contributed by atoms with Crippen LogP contribution in [-0.4, -0.2) is 14.8 Å². The highest BCUT2D eigenvalue weighted by atomic mass is 27.2. The summed E-state index contributed by atoms with van der Waals surface area (Å²) < 4.78 is 13.8. The van der Waals surface area contributed by atoms with Crippen LogP contribution < -0.4 is 7.58 Å². The summed E-state index contributed by atoms with van der Waals surface area (Å²) in [6, 6.07) is 35.5. The van der Waals surface area contributed by atoms with E-state index in [0.29, 0.717) is 0 Å². The molecule has 0 atom stereocenters. The second-order valence-electron chi connectivity index (χ2n) is 11.3. The largest absolute Gasteiger partial charge is 0.853 e. The zero-order valence-corrected chi connectivity index (χ0v) is 24.8. The number of fused-ring (bicyclic) bond motifs is 7. The van der Waals surface area contributed by atoms with Gasteiger partial charge in [0.1, 0.15) is 0 Å². The van der Waals surface area contributed by atoms with Crippen LogP contribution in [0.3, 0.4) is 0 Å². The molecular weight excluding hydrogens is 503 g/mol. The minimum Gasteiger partial charge on any atom is -0.611 e. The highest BCUT2D eigenvalue weighted by molar-refractivity contribution is 6.46. The van der Waals surface area contributed by atoms with E-state index in [4.69, 9.17) is 7.58 Å². The van der Waals surface area contributed by atoms with E-state index in [-0.39, 0.29) is 0 Å². The van der Waals surface area contributed by atoms with Crippen molar-refractivity contribution in [1.82, 2.24) is 0 Å². The smallest absolute Gasteiger partial charge is 0.611 e. The lowest BCUT2D eigenvalue weighted by Gasteiger charge is -2.21. The van der Waals surface area contributed by atoms with Gasteiger partial charge < -0.3 is 7.58 Å². The molecule has 0 saturated heterocycles. The fourth-order valence-electron chi connectivity index (χ4n) is 6.44. The van der Waals surface area contributed by atoms with Gasteiger partial charge in [-0.05, 0) is 78.3 Å². The fourth-order valence-corrected chi connectivity index (χ4v) is 7.65. The minimum absolute atomic E-state index is 0.935. The maximum absolute atomic E-state index is 6.92. The van der Waals surface area contributed by atoms with Gasteiger partial charge in [0.2, 0.25) is 0 Å². The van der Waals surface area contributed by atoms with Gasteiger partial charge in [0.15, 0.2) is 0 Å². The van der Waals surface area contributed by atoms with Gasteiger partial charge in [0.05, 0.1) is 11.5 Å². The molecule has 0 radical (unpaired) electrons. The Kier molecular flexibility index (Phi) is 5.97. The molecule has 40 heavy (non-hydrogen) atoms. The first-order valence-electron chi connectivity index (χ1n) is 14.0. The van der Waals surface area contributed by atoms with Gasteiger partial charge in [-0.15, -0.1) is 0 Å². The quantitative estimate of drug-likeness (QED) is 0.206. The molecule has 3 heteroatoms. The zero-order chi connectivity index (χ0) is 27.5. The summed E-state index contributed by atoms with van der Waals surface area (Å²) >= 11 is -2.13. The van der Waals surface area contributed by atoms with Crippen LogP contribution in [0.5, 0.6) is 11.5 Å². The zero-order valence-electron chi connectivity index (χ0n) is 23.6. The van der Waals surface area contributed by atoms with Crippen LogP contribution in [0.4, 0.5) is 0 Å². The number of benzene rings is 6. The summed E-state index contributed by atoms with van der Waals surface area (Å²) in [6.45, 7) is 8.65. The molecule has 0 aliphatic carbocycles. The first-order valence-corrected chi connectivity index (χ1v) is 16.1. The Morgan fingerprint density at radius 2 is 0.850 bits per heavy atom. The summed E-state index contributed by atoms with van der Waals surface area (Å²) in [6.07, 6.45) is 0. The van der Waals surface area contributed by atoms with Crippen LogP contribution in [-0.2, 0) is 0 Å². The standard InChI is InChI=1S/C36H30O2.CH3.Al/c1-21-13-22(2)16-27(15-21)31-19-25-9-5-7-11-29(25)33(35(31)37)34-30-12-8-6-10-26(30)20-32(36(34)38)28-17-23(3)14-24(4)18-28;;/h5-20,37-38H,1-4H3;1H3;/q;;+2/p-2. The van der Waals surface area contributed by atoms with E-state index in [1.807, 2.05) is 0 Å². The van der Waals surface area contributed by atoms with Crippen LogP contribution in [0, 0.1) is 27.7 Å². The molecule has 6 aromatic carbocycles. The lowest BCUT2D eigenvalue weighted by molar-refractivity contribution is 0.442. The topological polar surface area (TPSA) is 18.5 Å². The van der Waals surface area contributed by atoms with Crippen LogP contribution in [0.15, 0.2) is 97.1 Å². The third-order valence-corrected chi connectivity index (χ3v) is 9.02. The summed E-state index contributed by atoms with van der Waals surface area (Å²) in [5, 5.41) is 4.76. The van der Waals surface area contributed by atoms with Gasteiger partial charge in [-0.2, -0.15) is 0 Å². The molecule has 1 aliphatic rings. The number of aryl methyl sites for hydroxylation is 4. The van der Waals surface area contributed by atoms with Crippen molar-refractivity contribution in [3.05, 3.63) is 119 Å². The van der Waals surface area contributed by atoms with Crippen molar-refractivity contribution in [2.45, 2.75) is 33.5 Å². The average molecular weight is 535 g/mol. The third-order valence-electron chi connectivity index (χ3n) is 7.89. The van der Waals surface area contributed by atoms with E-state index >= 15 is 0 Å². The second kappa shape index (κ2) is 9.56. The Bertz CT molecular complexity index is 1790. The SMILES string of the molecule is Cc1cc(C)cc(-c2cc3ccccc3c3c2[O][Al]([CH3])[O]c2c(-c4cc(C)cc(C)c4)cc4ccccc4c2-3)c1. The van der Waals surface area contributed by atoms with Crippen LogP contribution in [0.1, 0.15) is 22.3 Å². The Hall–Kier alpha value is -4.03. The van der Waals surface area contributed by atoms with Crippen molar-refractivity contribution >= 4 is 36.4 Å². The molecule has 7 rings (SSSR count). The molecule has 0 N–H and O–H groups in total. The van der Waals surface area contributed by atoms with E-state index in [2.05, 4.69) is 131 Å². The summed E-state index contributed by atoms with van der Waals surface area (Å²) in [5.41, 5.74) is 11.8. The molecule has 194 valence electrons. The summed E-state index contributed by atoms with van der Waals surface area (Å²) in [4.78, 5) is 0. The van der Waals surface area contributed by atoms with Crippen LogP contribution in [0.2, 0.25) is 5.79 Å². The van der Waals surface area contributed by atoms with Crippen molar-refractivity contribution in [1.29, 1.82) is 0 Å². The number of rotatable bonds is 2. The molecule has 0 amide bonds. The Morgan fingerprint density at radius 1 is 0.475 bits per heavy atom. The van der Waals surface area contributed by atoms with Crippen molar-refractivity contribution in [3.8, 4) is 44.9 Å². The van der Waals surface area contributed by atoms with Crippen LogP contribution in [0.25, 0.3) is 54.9 Å². The molecule has 2 nitrogen and oxygen atoms in total. The summed E-state index contributed by atoms with van der Waals surface area (Å²) in [5.74, 6) is 4.01. The first-order chi connectivity index (χ1) is 19.4. The maximum atomic E-state index is 6.92. The van der Waals surface area contributed by atoms with Gasteiger partial charge in [0.25, 0.3) is 0 Å². The minimum atomic E-state index is -2.13.